The van der Waals surface area contributed by atoms with E-state index in [4.69, 9.17) is 26.3 Å². The first-order valence-electron chi connectivity index (χ1n) is 15.5. The Kier molecular flexibility index (Phi) is 8.14. The Bertz CT molecular complexity index is 1950. The van der Waals surface area contributed by atoms with Crippen LogP contribution in [0.3, 0.4) is 0 Å². The van der Waals surface area contributed by atoms with Gasteiger partial charge < -0.3 is 14.5 Å². The number of piperazine rings is 1. The number of rotatable bonds is 7. The lowest BCUT2D eigenvalue weighted by molar-refractivity contribution is -0.131. The number of nitriles is 1. The molecule has 3 atom stereocenters. The summed E-state index contributed by atoms with van der Waals surface area (Å²) in [6.45, 7) is 5.14. The Balaban J connectivity index is 1.30. The molecule has 0 spiro atoms. The van der Waals surface area contributed by atoms with Crippen LogP contribution in [0, 0.1) is 17.1 Å². The topological polar surface area (TPSA) is 98.5 Å². The number of hydrogen-bond acceptors (Lipinski definition) is 8. The highest BCUT2D eigenvalue weighted by atomic mass is 35.5. The van der Waals surface area contributed by atoms with Crippen molar-refractivity contribution >= 4 is 45.1 Å². The van der Waals surface area contributed by atoms with Crippen LogP contribution in [0.1, 0.15) is 25.7 Å². The zero-order valence-corrected chi connectivity index (χ0v) is 26.2. The second-order valence-electron chi connectivity index (χ2n) is 12.4. The fourth-order valence-electron chi connectivity index (χ4n) is 7.35. The summed E-state index contributed by atoms with van der Waals surface area (Å²) in [5.74, 6) is -2.01. The van der Waals surface area contributed by atoms with Crippen LogP contribution < -0.4 is 9.64 Å². The van der Waals surface area contributed by atoms with Gasteiger partial charge in [-0.05, 0) is 43.0 Å². The molecule has 2 aromatic carbocycles. The van der Waals surface area contributed by atoms with Crippen molar-refractivity contribution in [1.29, 1.82) is 5.26 Å². The van der Waals surface area contributed by atoms with Crippen LogP contribution in [-0.4, -0.2) is 87.7 Å². The summed E-state index contributed by atoms with van der Waals surface area (Å²) >= 11 is 6.44. The molecule has 0 aliphatic carbocycles. The molecule has 0 saturated carbocycles. The lowest BCUT2D eigenvalue weighted by Crippen LogP contribution is -2.55. The third-order valence-corrected chi connectivity index (χ3v) is 9.93. The van der Waals surface area contributed by atoms with Gasteiger partial charge in [0.25, 0.3) is 5.91 Å². The van der Waals surface area contributed by atoms with Gasteiger partial charge in [-0.3, -0.25) is 9.69 Å². The molecular weight excluding hydrogens is 631 g/mol. The van der Waals surface area contributed by atoms with E-state index in [-0.39, 0.29) is 43.7 Å². The number of ether oxygens (including phenoxy) is 1. The molecule has 1 unspecified atom stereocenters. The summed E-state index contributed by atoms with van der Waals surface area (Å²) in [6.07, 6.45) is 1.18. The number of alkyl halides is 1. The Labute approximate surface area is 274 Å². The van der Waals surface area contributed by atoms with Gasteiger partial charge in [0.1, 0.15) is 24.4 Å². The normalized spacial score (nSPS) is 22.9. The molecule has 47 heavy (non-hydrogen) atoms. The molecule has 0 radical (unpaired) electrons. The van der Waals surface area contributed by atoms with Crippen molar-refractivity contribution in [1.82, 2.24) is 24.8 Å². The summed E-state index contributed by atoms with van der Waals surface area (Å²) in [6, 6.07) is 13.6. The van der Waals surface area contributed by atoms with Crippen molar-refractivity contribution in [3.63, 3.8) is 0 Å². The molecular formula is C34H31ClF3N7O2. The van der Waals surface area contributed by atoms with Crippen molar-refractivity contribution in [2.24, 2.45) is 0 Å². The van der Waals surface area contributed by atoms with Crippen molar-refractivity contribution in [2.75, 3.05) is 44.2 Å². The van der Waals surface area contributed by atoms with Crippen molar-refractivity contribution in [2.45, 2.75) is 43.4 Å². The maximum absolute atomic E-state index is 14.6. The van der Waals surface area contributed by atoms with Gasteiger partial charge in [0, 0.05) is 43.5 Å². The molecule has 2 aromatic heterocycles. The van der Waals surface area contributed by atoms with E-state index in [0.29, 0.717) is 46.5 Å². The number of anilines is 1. The second-order valence-corrected chi connectivity index (χ2v) is 12.8. The SMILES string of the molecule is C=C(F)C(=O)N1CCN(c2nc(OC[C@@]34CCCN3CC(F)C4)nc3nc(-c4cccc5ccc(F)c(Cl)c45)ccc23)C[C@@H]1CC#N. The lowest BCUT2D eigenvalue weighted by atomic mass is 9.95. The predicted octanol–water partition coefficient (Wildman–Crippen LogP) is 6.01. The minimum Gasteiger partial charge on any atom is -0.461 e. The van der Waals surface area contributed by atoms with Crippen LogP contribution in [-0.2, 0) is 4.79 Å². The first-order valence-corrected chi connectivity index (χ1v) is 15.9. The first kappa shape index (κ1) is 31.1. The van der Waals surface area contributed by atoms with Crippen LogP contribution in [0.4, 0.5) is 19.0 Å². The molecule has 3 aliphatic heterocycles. The molecule has 13 heteroatoms. The van der Waals surface area contributed by atoms with Gasteiger partial charge in [0.05, 0.1) is 40.2 Å². The van der Waals surface area contributed by atoms with Crippen molar-refractivity contribution in [3.8, 4) is 23.3 Å². The summed E-state index contributed by atoms with van der Waals surface area (Å²) in [4.78, 5) is 32.2. The Hall–Kier alpha value is -4.47. The minimum absolute atomic E-state index is 0.0117. The van der Waals surface area contributed by atoms with Gasteiger partial charge >= 0.3 is 6.01 Å². The zero-order valence-electron chi connectivity index (χ0n) is 25.4. The fourth-order valence-corrected chi connectivity index (χ4v) is 7.63. The van der Waals surface area contributed by atoms with Crippen LogP contribution in [0.15, 0.2) is 54.9 Å². The highest BCUT2D eigenvalue weighted by molar-refractivity contribution is 6.36. The number of carbonyl (C=O) groups excluding carboxylic acids is 1. The maximum atomic E-state index is 14.6. The second kappa shape index (κ2) is 12.3. The number of nitrogens with zero attached hydrogens (tertiary/aromatic N) is 7. The molecule has 0 N–H and O–H groups in total. The van der Waals surface area contributed by atoms with E-state index >= 15 is 0 Å². The minimum atomic E-state index is -1.09. The molecule has 5 heterocycles. The first-order chi connectivity index (χ1) is 22.7. The molecule has 0 bridgehead atoms. The average molecular weight is 662 g/mol. The van der Waals surface area contributed by atoms with Gasteiger partial charge in [-0.1, -0.05) is 42.4 Å². The van der Waals surface area contributed by atoms with Crippen LogP contribution in [0.2, 0.25) is 5.02 Å². The monoisotopic (exact) mass is 661 g/mol. The number of amides is 1. The van der Waals surface area contributed by atoms with E-state index in [2.05, 4.69) is 22.5 Å². The van der Waals surface area contributed by atoms with Crippen molar-refractivity contribution < 1.29 is 22.7 Å². The number of aromatic nitrogens is 3. The summed E-state index contributed by atoms with van der Waals surface area (Å²) in [5.41, 5.74) is 0.983. The van der Waals surface area contributed by atoms with Gasteiger partial charge in [-0.15, -0.1) is 0 Å². The van der Waals surface area contributed by atoms with Crippen LogP contribution in [0.5, 0.6) is 6.01 Å². The van der Waals surface area contributed by atoms with E-state index in [0.717, 1.165) is 24.8 Å². The van der Waals surface area contributed by atoms with Crippen LogP contribution in [0.25, 0.3) is 33.1 Å². The number of halogens is 4. The molecule has 3 aliphatic rings. The summed E-state index contributed by atoms with van der Waals surface area (Å²) in [7, 11) is 0. The Morgan fingerprint density at radius 1 is 1.13 bits per heavy atom. The fraction of sp³-hybridized carbons (Fsp3) is 0.382. The van der Waals surface area contributed by atoms with E-state index in [1.165, 1.54) is 11.0 Å². The quantitative estimate of drug-likeness (QED) is 0.222. The summed E-state index contributed by atoms with van der Waals surface area (Å²) in [5, 5.41) is 11.3. The Morgan fingerprint density at radius 2 is 1.98 bits per heavy atom. The van der Waals surface area contributed by atoms with Crippen LogP contribution >= 0.6 is 11.6 Å². The third-order valence-electron chi connectivity index (χ3n) is 9.56. The highest BCUT2D eigenvalue weighted by Crippen LogP contribution is 2.41. The van der Waals surface area contributed by atoms with E-state index in [9.17, 15) is 23.2 Å². The molecule has 7 rings (SSSR count). The third kappa shape index (κ3) is 5.61. The Morgan fingerprint density at radius 3 is 2.79 bits per heavy atom. The zero-order chi connectivity index (χ0) is 32.9. The van der Waals surface area contributed by atoms with Gasteiger partial charge in [-0.25, -0.2) is 18.2 Å². The number of benzene rings is 2. The smallest absolute Gasteiger partial charge is 0.320 e. The largest absolute Gasteiger partial charge is 0.461 e. The number of pyridine rings is 1. The van der Waals surface area contributed by atoms with E-state index in [1.807, 2.05) is 29.2 Å². The van der Waals surface area contributed by atoms with Gasteiger partial charge in [0.2, 0.25) is 0 Å². The number of carbonyl (C=O) groups is 1. The molecule has 1 amide bonds. The summed E-state index contributed by atoms with van der Waals surface area (Å²) < 4.78 is 49.1. The van der Waals surface area contributed by atoms with E-state index < -0.39 is 35.3 Å². The standard InChI is InChI=1S/C34H31ClF3N7O2/c1-20(36)32(46)45-15-14-43(18-23(45)10-12-39)31-25-7-9-27(24-5-2-4-21-6-8-26(38)29(35)28(21)24)40-30(25)41-33(42-31)47-19-34-11-3-13-44(34)17-22(37)16-34/h2,4-9,22-23H,1,3,10-11,13-19H2/t22?,23-,34-/m0/s1. The highest BCUT2D eigenvalue weighted by Gasteiger charge is 2.49. The average Bonchev–Trinajstić information content (AvgIpc) is 3.60. The lowest BCUT2D eigenvalue weighted by Gasteiger charge is -2.41. The van der Waals surface area contributed by atoms with Gasteiger partial charge in [-0.2, -0.15) is 15.2 Å². The van der Waals surface area contributed by atoms with Crippen molar-refractivity contribution in [3.05, 3.63) is 65.7 Å². The van der Waals surface area contributed by atoms with E-state index in [1.54, 1.807) is 12.1 Å². The molecule has 4 aromatic rings. The molecule has 242 valence electrons. The predicted molar refractivity (Wildman–Crippen MR) is 172 cm³/mol. The van der Waals surface area contributed by atoms with Gasteiger partial charge in [0.15, 0.2) is 11.5 Å². The molecule has 3 fully saturated rings. The molecule has 3 saturated heterocycles. The molecule has 9 nitrogen and oxygen atoms in total. The number of hydrogen-bond donors (Lipinski definition) is 0. The number of fused-ring (bicyclic) bond motifs is 3. The maximum Gasteiger partial charge on any atom is 0.320 e.